The molecule has 0 fully saturated rings. The van der Waals surface area contributed by atoms with Crippen LogP contribution in [0.4, 0.5) is 5.69 Å². The summed E-state index contributed by atoms with van der Waals surface area (Å²) in [6.07, 6.45) is 1.65. The predicted octanol–water partition coefficient (Wildman–Crippen LogP) is 2.13. The first-order valence-corrected chi connectivity index (χ1v) is 5.63. The Morgan fingerprint density at radius 1 is 1.28 bits per heavy atom. The van der Waals surface area contributed by atoms with E-state index in [-0.39, 0.29) is 12.5 Å². The third-order valence-corrected chi connectivity index (χ3v) is 2.65. The van der Waals surface area contributed by atoms with Crippen LogP contribution in [-0.4, -0.2) is 16.0 Å². The van der Waals surface area contributed by atoms with Gasteiger partial charge in [0.25, 0.3) is 5.91 Å². The second-order valence-electron chi connectivity index (χ2n) is 3.95. The van der Waals surface area contributed by atoms with Crippen molar-refractivity contribution in [1.82, 2.24) is 4.98 Å². The lowest BCUT2D eigenvalue weighted by molar-refractivity contribution is 0.102. The molecule has 18 heavy (non-hydrogen) atoms. The molecule has 2 N–H and O–H groups in total. The van der Waals surface area contributed by atoms with Gasteiger partial charge in [-0.25, -0.2) is 0 Å². The molecular weight excluding hydrogens is 228 g/mol. The molecule has 1 amide bonds. The highest BCUT2D eigenvalue weighted by Crippen LogP contribution is 2.12. The van der Waals surface area contributed by atoms with E-state index >= 15 is 0 Å². The molecule has 1 aromatic heterocycles. The normalized spacial score (nSPS) is 10.1. The third kappa shape index (κ3) is 2.73. The van der Waals surface area contributed by atoms with Gasteiger partial charge in [-0.1, -0.05) is 12.1 Å². The highest BCUT2D eigenvalue weighted by atomic mass is 16.3. The van der Waals surface area contributed by atoms with Gasteiger partial charge >= 0.3 is 0 Å². The van der Waals surface area contributed by atoms with Gasteiger partial charge in [-0.05, 0) is 36.8 Å². The summed E-state index contributed by atoms with van der Waals surface area (Å²) in [6, 6.07) is 10.5. The Morgan fingerprint density at radius 3 is 2.61 bits per heavy atom. The van der Waals surface area contributed by atoms with Gasteiger partial charge in [-0.3, -0.25) is 9.78 Å². The van der Waals surface area contributed by atoms with Crippen molar-refractivity contribution in [2.24, 2.45) is 0 Å². The number of benzene rings is 1. The lowest BCUT2D eigenvalue weighted by atomic mass is 10.1. The second kappa shape index (κ2) is 5.42. The van der Waals surface area contributed by atoms with E-state index in [1.807, 2.05) is 0 Å². The van der Waals surface area contributed by atoms with Crippen molar-refractivity contribution in [3.8, 4) is 0 Å². The number of hydrogen-bond donors (Lipinski definition) is 2. The van der Waals surface area contributed by atoms with Crippen LogP contribution in [0.1, 0.15) is 21.6 Å². The average Bonchev–Trinajstić information content (AvgIpc) is 2.40. The number of carbonyl (C=O) groups is 1. The number of anilines is 1. The summed E-state index contributed by atoms with van der Waals surface area (Å²) in [4.78, 5) is 16.1. The summed E-state index contributed by atoms with van der Waals surface area (Å²) in [5, 5.41) is 11.7. The molecule has 0 aliphatic carbocycles. The van der Waals surface area contributed by atoms with Crippen molar-refractivity contribution < 1.29 is 9.90 Å². The van der Waals surface area contributed by atoms with Gasteiger partial charge < -0.3 is 10.4 Å². The fourth-order valence-corrected chi connectivity index (χ4v) is 1.62. The molecule has 0 saturated carbocycles. The molecule has 0 atom stereocenters. The molecule has 2 aromatic rings. The van der Waals surface area contributed by atoms with Crippen molar-refractivity contribution in [2.45, 2.75) is 13.5 Å². The number of nitrogens with zero attached hydrogens (tertiary/aromatic N) is 1. The minimum absolute atomic E-state index is 0.00403. The first-order chi connectivity index (χ1) is 8.70. The number of aryl methyl sites for hydroxylation is 1. The topological polar surface area (TPSA) is 62.2 Å². The van der Waals surface area contributed by atoms with E-state index in [2.05, 4.69) is 10.3 Å². The molecular formula is C14H14N2O2. The van der Waals surface area contributed by atoms with E-state index in [0.717, 1.165) is 5.56 Å². The standard InChI is InChI=1S/C14H14N2O2/c1-10-13(3-2-8-15-10)14(18)16-12-6-4-11(9-17)5-7-12/h2-8,17H,9H2,1H3,(H,16,18). The maximum atomic E-state index is 12.0. The van der Waals surface area contributed by atoms with Gasteiger partial charge in [0.2, 0.25) is 0 Å². The third-order valence-electron chi connectivity index (χ3n) is 2.65. The van der Waals surface area contributed by atoms with Gasteiger partial charge in [0.05, 0.1) is 12.2 Å². The molecule has 0 spiro atoms. The maximum absolute atomic E-state index is 12.0. The number of hydrogen-bond acceptors (Lipinski definition) is 3. The number of aliphatic hydroxyl groups excluding tert-OH is 1. The Balaban J connectivity index is 2.14. The zero-order valence-electron chi connectivity index (χ0n) is 10.1. The van der Waals surface area contributed by atoms with Crippen molar-refractivity contribution in [2.75, 3.05) is 5.32 Å². The van der Waals surface area contributed by atoms with Crippen LogP contribution >= 0.6 is 0 Å². The van der Waals surface area contributed by atoms with Crippen LogP contribution in [0.5, 0.6) is 0 Å². The fourth-order valence-electron chi connectivity index (χ4n) is 1.62. The van der Waals surface area contributed by atoms with E-state index in [9.17, 15) is 4.79 Å². The molecule has 4 heteroatoms. The minimum Gasteiger partial charge on any atom is -0.392 e. The smallest absolute Gasteiger partial charge is 0.257 e. The largest absolute Gasteiger partial charge is 0.392 e. The van der Waals surface area contributed by atoms with Crippen LogP contribution in [0.25, 0.3) is 0 Å². The molecule has 92 valence electrons. The number of aromatic nitrogens is 1. The highest BCUT2D eigenvalue weighted by molar-refractivity contribution is 6.04. The van der Waals surface area contributed by atoms with Crippen LogP contribution in [0.2, 0.25) is 0 Å². The summed E-state index contributed by atoms with van der Waals surface area (Å²) in [6.45, 7) is 1.79. The zero-order valence-corrected chi connectivity index (χ0v) is 10.1. The summed E-state index contributed by atoms with van der Waals surface area (Å²) in [5.41, 5.74) is 2.76. The lowest BCUT2D eigenvalue weighted by Gasteiger charge is -2.07. The predicted molar refractivity (Wildman–Crippen MR) is 69.3 cm³/mol. The Hall–Kier alpha value is -2.20. The molecule has 0 radical (unpaired) electrons. The highest BCUT2D eigenvalue weighted by Gasteiger charge is 2.09. The van der Waals surface area contributed by atoms with E-state index in [1.165, 1.54) is 0 Å². The molecule has 1 heterocycles. The Bertz CT molecular complexity index is 550. The molecule has 0 aliphatic heterocycles. The SMILES string of the molecule is Cc1ncccc1C(=O)Nc1ccc(CO)cc1. The lowest BCUT2D eigenvalue weighted by Crippen LogP contribution is -2.13. The molecule has 0 unspecified atom stereocenters. The monoisotopic (exact) mass is 242 g/mol. The summed E-state index contributed by atoms with van der Waals surface area (Å²) in [5.74, 6) is -0.183. The van der Waals surface area contributed by atoms with Gasteiger partial charge in [0, 0.05) is 17.6 Å². The van der Waals surface area contributed by atoms with Crippen molar-refractivity contribution in [3.05, 3.63) is 59.4 Å². The van der Waals surface area contributed by atoms with E-state index in [1.54, 1.807) is 49.5 Å². The molecule has 4 nitrogen and oxygen atoms in total. The van der Waals surface area contributed by atoms with Crippen LogP contribution in [0.3, 0.4) is 0 Å². The van der Waals surface area contributed by atoms with Gasteiger partial charge in [0.1, 0.15) is 0 Å². The molecule has 1 aromatic carbocycles. The number of aliphatic hydroxyl groups is 1. The van der Waals surface area contributed by atoms with Crippen LogP contribution in [0, 0.1) is 6.92 Å². The van der Waals surface area contributed by atoms with Crippen LogP contribution in [0.15, 0.2) is 42.6 Å². The maximum Gasteiger partial charge on any atom is 0.257 e. The Kier molecular flexibility index (Phi) is 3.69. The molecule has 2 rings (SSSR count). The number of rotatable bonds is 3. The number of carbonyl (C=O) groups excluding carboxylic acids is 1. The van der Waals surface area contributed by atoms with E-state index in [4.69, 9.17) is 5.11 Å². The minimum atomic E-state index is -0.183. The van der Waals surface area contributed by atoms with Crippen LogP contribution < -0.4 is 5.32 Å². The summed E-state index contributed by atoms with van der Waals surface area (Å²) < 4.78 is 0. The first kappa shape index (κ1) is 12.3. The zero-order chi connectivity index (χ0) is 13.0. The fraction of sp³-hybridized carbons (Fsp3) is 0.143. The Labute approximate surface area is 105 Å². The van der Waals surface area contributed by atoms with E-state index < -0.39 is 0 Å². The number of nitrogens with one attached hydrogen (secondary N) is 1. The molecule has 0 saturated heterocycles. The molecule has 0 aliphatic rings. The average molecular weight is 242 g/mol. The van der Waals surface area contributed by atoms with Crippen LogP contribution in [-0.2, 0) is 6.61 Å². The van der Waals surface area contributed by atoms with Gasteiger partial charge in [-0.15, -0.1) is 0 Å². The summed E-state index contributed by atoms with van der Waals surface area (Å²) >= 11 is 0. The Morgan fingerprint density at radius 2 is 2.00 bits per heavy atom. The quantitative estimate of drug-likeness (QED) is 0.866. The van der Waals surface area contributed by atoms with Crippen molar-refractivity contribution in [3.63, 3.8) is 0 Å². The number of pyridine rings is 1. The second-order valence-corrected chi connectivity index (χ2v) is 3.95. The first-order valence-electron chi connectivity index (χ1n) is 5.63. The molecule has 0 bridgehead atoms. The van der Waals surface area contributed by atoms with Gasteiger partial charge in [-0.2, -0.15) is 0 Å². The van der Waals surface area contributed by atoms with E-state index in [0.29, 0.717) is 16.9 Å². The van der Waals surface area contributed by atoms with Crippen molar-refractivity contribution in [1.29, 1.82) is 0 Å². The van der Waals surface area contributed by atoms with Gasteiger partial charge in [0.15, 0.2) is 0 Å². The van der Waals surface area contributed by atoms with Crippen molar-refractivity contribution >= 4 is 11.6 Å². The number of amides is 1. The summed E-state index contributed by atoms with van der Waals surface area (Å²) in [7, 11) is 0.